The summed E-state index contributed by atoms with van der Waals surface area (Å²) >= 11 is 0. The number of hydrogen-bond acceptors (Lipinski definition) is 1. The molecule has 0 saturated heterocycles. The van der Waals surface area contributed by atoms with Crippen molar-refractivity contribution in [3.05, 3.63) is 35.4 Å². The summed E-state index contributed by atoms with van der Waals surface area (Å²) in [4.78, 5) is 0. The molecule has 1 heteroatoms. The molecule has 1 N–H and O–H groups in total. The van der Waals surface area contributed by atoms with Gasteiger partial charge in [0, 0.05) is 0 Å². The van der Waals surface area contributed by atoms with Crippen molar-refractivity contribution >= 4 is 0 Å². The number of unbranched alkanes of at least 4 members (excludes halogenated alkanes) is 1. The molecule has 1 nitrogen and oxygen atoms in total. The van der Waals surface area contributed by atoms with Crippen LogP contribution in [-0.2, 0) is 6.42 Å². The second-order valence-corrected chi connectivity index (χ2v) is 7.47. The van der Waals surface area contributed by atoms with E-state index >= 15 is 0 Å². The average Bonchev–Trinajstić information content (AvgIpc) is 2.34. The summed E-state index contributed by atoms with van der Waals surface area (Å²) in [6, 6.07) is 8.53. The predicted octanol–water partition coefficient (Wildman–Crippen LogP) is 5.53. The topological polar surface area (TPSA) is 20.2 Å². The molecule has 0 amide bonds. The van der Waals surface area contributed by atoms with E-state index in [1.165, 1.54) is 18.4 Å². The predicted molar refractivity (Wildman–Crippen MR) is 87.9 cm³/mol. The molecule has 114 valence electrons. The van der Waals surface area contributed by atoms with Crippen molar-refractivity contribution in [2.75, 3.05) is 0 Å². The minimum Gasteiger partial charge on any atom is -0.388 e. The first-order chi connectivity index (χ1) is 9.31. The van der Waals surface area contributed by atoms with Crippen molar-refractivity contribution in [2.45, 2.75) is 72.8 Å². The maximum atomic E-state index is 10.4. The van der Waals surface area contributed by atoms with Crippen LogP contribution in [0.3, 0.4) is 0 Å². The van der Waals surface area contributed by atoms with Crippen molar-refractivity contribution in [1.82, 2.24) is 0 Å². The van der Waals surface area contributed by atoms with E-state index in [1.54, 1.807) is 0 Å². The first-order valence-electron chi connectivity index (χ1n) is 8.08. The summed E-state index contributed by atoms with van der Waals surface area (Å²) in [5.74, 6) is 0.546. The van der Waals surface area contributed by atoms with E-state index in [0.717, 1.165) is 24.8 Å². The molecule has 20 heavy (non-hydrogen) atoms. The molecule has 1 rings (SSSR count). The van der Waals surface area contributed by atoms with Gasteiger partial charge in [-0.2, -0.15) is 0 Å². The third kappa shape index (κ3) is 6.56. The lowest BCUT2D eigenvalue weighted by molar-refractivity contribution is 0.134. The quantitative estimate of drug-likeness (QED) is 0.694. The summed E-state index contributed by atoms with van der Waals surface area (Å²) < 4.78 is 0. The number of aliphatic hydroxyl groups is 1. The molecule has 2 unspecified atom stereocenters. The zero-order valence-electron chi connectivity index (χ0n) is 13.9. The van der Waals surface area contributed by atoms with Crippen molar-refractivity contribution in [3.63, 3.8) is 0 Å². The molecule has 0 bridgehead atoms. The van der Waals surface area contributed by atoms with Crippen LogP contribution in [0.15, 0.2) is 24.3 Å². The Labute approximate surface area is 125 Å². The SMILES string of the molecule is CCCCc1ccc(C(O)CC(C)CC(C)(C)C)cc1. The Balaban J connectivity index is 2.52. The van der Waals surface area contributed by atoms with Gasteiger partial charge in [-0.1, -0.05) is 65.3 Å². The Bertz CT molecular complexity index is 372. The second kappa shape index (κ2) is 7.83. The monoisotopic (exact) mass is 276 g/mol. The van der Waals surface area contributed by atoms with Gasteiger partial charge in [-0.05, 0) is 48.1 Å². The summed E-state index contributed by atoms with van der Waals surface area (Å²) in [5, 5.41) is 10.4. The van der Waals surface area contributed by atoms with Crippen LogP contribution < -0.4 is 0 Å². The van der Waals surface area contributed by atoms with Crippen molar-refractivity contribution in [2.24, 2.45) is 11.3 Å². The normalized spacial score (nSPS) is 15.1. The van der Waals surface area contributed by atoms with Gasteiger partial charge in [0.05, 0.1) is 6.10 Å². The third-order valence-corrected chi connectivity index (χ3v) is 3.77. The van der Waals surface area contributed by atoms with Gasteiger partial charge < -0.3 is 5.11 Å². The number of benzene rings is 1. The van der Waals surface area contributed by atoms with Gasteiger partial charge in [0.2, 0.25) is 0 Å². The van der Waals surface area contributed by atoms with Crippen LogP contribution in [0.5, 0.6) is 0 Å². The van der Waals surface area contributed by atoms with E-state index < -0.39 is 0 Å². The van der Waals surface area contributed by atoms with Gasteiger partial charge in [0.25, 0.3) is 0 Å². The number of aryl methyl sites for hydroxylation is 1. The lowest BCUT2D eigenvalue weighted by Crippen LogP contribution is -2.13. The number of aliphatic hydroxyl groups excluding tert-OH is 1. The van der Waals surface area contributed by atoms with Gasteiger partial charge in [-0.25, -0.2) is 0 Å². The molecule has 0 aliphatic rings. The lowest BCUT2D eigenvalue weighted by Gasteiger charge is -2.25. The van der Waals surface area contributed by atoms with E-state index in [-0.39, 0.29) is 6.10 Å². The standard InChI is InChI=1S/C19H32O/c1-6-7-8-16-9-11-17(12-10-16)18(20)13-15(2)14-19(3,4)5/h9-12,15,18,20H,6-8,13-14H2,1-5H3. The largest absolute Gasteiger partial charge is 0.388 e. The van der Waals surface area contributed by atoms with Crippen LogP contribution >= 0.6 is 0 Å². The van der Waals surface area contributed by atoms with Crippen LogP contribution in [0, 0.1) is 11.3 Å². The first-order valence-corrected chi connectivity index (χ1v) is 8.08. The zero-order chi connectivity index (χ0) is 15.2. The summed E-state index contributed by atoms with van der Waals surface area (Å²) in [6.45, 7) is 11.2. The first kappa shape index (κ1) is 17.2. The summed E-state index contributed by atoms with van der Waals surface area (Å²) in [6.07, 6.45) is 5.30. The molecule has 0 saturated carbocycles. The minimum atomic E-state index is -0.326. The molecular formula is C19H32O. The van der Waals surface area contributed by atoms with Crippen LogP contribution in [0.25, 0.3) is 0 Å². The van der Waals surface area contributed by atoms with Crippen molar-refractivity contribution < 1.29 is 5.11 Å². The fraction of sp³-hybridized carbons (Fsp3) is 0.684. The molecule has 0 aliphatic carbocycles. The molecule has 1 aromatic carbocycles. The van der Waals surface area contributed by atoms with E-state index in [2.05, 4.69) is 58.9 Å². The second-order valence-electron chi connectivity index (χ2n) is 7.47. The van der Waals surface area contributed by atoms with E-state index in [4.69, 9.17) is 0 Å². The van der Waals surface area contributed by atoms with Gasteiger partial charge in [-0.15, -0.1) is 0 Å². The van der Waals surface area contributed by atoms with Crippen LogP contribution in [0.4, 0.5) is 0 Å². The fourth-order valence-corrected chi connectivity index (χ4v) is 2.93. The molecule has 0 radical (unpaired) electrons. The van der Waals surface area contributed by atoms with Crippen LogP contribution in [-0.4, -0.2) is 5.11 Å². The van der Waals surface area contributed by atoms with E-state index in [9.17, 15) is 5.11 Å². The van der Waals surface area contributed by atoms with Crippen molar-refractivity contribution in [3.8, 4) is 0 Å². The molecular weight excluding hydrogens is 244 g/mol. The highest BCUT2D eigenvalue weighted by molar-refractivity contribution is 5.24. The maximum absolute atomic E-state index is 10.4. The fourth-order valence-electron chi connectivity index (χ4n) is 2.93. The highest BCUT2D eigenvalue weighted by atomic mass is 16.3. The third-order valence-electron chi connectivity index (χ3n) is 3.77. The maximum Gasteiger partial charge on any atom is 0.0792 e. The molecule has 0 spiro atoms. The molecule has 0 heterocycles. The highest BCUT2D eigenvalue weighted by Gasteiger charge is 2.18. The van der Waals surface area contributed by atoms with Crippen molar-refractivity contribution in [1.29, 1.82) is 0 Å². The van der Waals surface area contributed by atoms with Gasteiger partial charge in [0.1, 0.15) is 0 Å². The zero-order valence-corrected chi connectivity index (χ0v) is 13.9. The van der Waals surface area contributed by atoms with E-state index in [1.807, 2.05) is 0 Å². The number of rotatable bonds is 7. The Kier molecular flexibility index (Phi) is 6.75. The Morgan fingerprint density at radius 3 is 2.20 bits per heavy atom. The Morgan fingerprint density at radius 1 is 1.10 bits per heavy atom. The number of hydrogen-bond donors (Lipinski definition) is 1. The van der Waals surface area contributed by atoms with Crippen LogP contribution in [0.2, 0.25) is 0 Å². The van der Waals surface area contributed by atoms with Gasteiger partial charge in [0.15, 0.2) is 0 Å². The average molecular weight is 276 g/mol. The minimum absolute atomic E-state index is 0.326. The van der Waals surface area contributed by atoms with Crippen LogP contribution in [0.1, 0.15) is 77.5 Å². The van der Waals surface area contributed by atoms with E-state index in [0.29, 0.717) is 11.3 Å². The molecule has 0 fully saturated rings. The van der Waals surface area contributed by atoms with Gasteiger partial charge in [-0.3, -0.25) is 0 Å². The smallest absolute Gasteiger partial charge is 0.0792 e. The Morgan fingerprint density at radius 2 is 1.70 bits per heavy atom. The van der Waals surface area contributed by atoms with Gasteiger partial charge >= 0.3 is 0 Å². The molecule has 1 aromatic rings. The molecule has 0 aliphatic heterocycles. The summed E-state index contributed by atoms with van der Waals surface area (Å²) in [5.41, 5.74) is 2.78. The molecule has 2 atom stereocenters. The lowest BCUT2D eigenvalue weighted by atomic mass is 9.82. The summed E-state index contributed by atoms with van der Waals surface area (Å²) in [7, 11) is 0. The highest BCUT2D eigenvalue weighted by Crippen LogP contribution is 2.30. The Hall–Kier alpha value is -0.820. The molecule has 0 aromatic heterocycles.